The second-order valence-electron chi connectivity index (χ2n) is 7.58. The van der Waals surface area contributed by atoms with Crippen molar-refractivity contribution in [3.05, 3.63) is 33.6 Å². The van der Waals surface area contributed by atoms with Crippen molar-refractivity contribution in [2.24, 2.45) is 5.92 Å². The minimum Gasteiger partial charge on any atom is -0.385 e. The number of carbonyl (C=O) groups excluding carboxylic acids is 1. The number of ether oxygens (including phenoxy) is 1. The molecule has 2 unspecified atom stereocenters. The largest absolute Gasteiger partial charge is 0.385 e. The first kappa shape index (κ1) is 22.1. The number of methoxy groups -OCH3 is 1. The van der Waals surface area contributed by atoms with E-state index in [9.17, 15) is 9.59 Å². The van der Waals surface area contributed by atoms with Gasteiger partial charge in [0.25, 0.3) is 5.56 Å². The number of hydrogen-bond donors (Lipinski definition) is 1. The predicted octanol–water partition coefficient (Wildman–Crippen LogP) is 3.87. The maximum Gasteiger partial charge on any atom is 0.262 e. The molecule has 2 aromatic rings. The lowest BCUT2D eigenvalue weighted by molar-refractivity contribution is -0.119. The van der Waals surface area contributed by atoms with Crippen LogP contribution >= 0.6 is 23.4 Å². The van der Waals surface area contributed by atoms with Gasteiger partial charge in [0.05, 0.1) is 16.7 Å². The molecule has 8 heteroatoms. The van der Waals surface area contributed by atoms with E-state index in [1.165, 1.54) is 18.2 Å². The second kappa shape index (κ2) is 10.5. The molecule has 0 saturated heterocycles. The van der Waals surface area contributed by atoms with Gasteiger partial charge in [-0.15, -0.1) is 0 Å². The van der Waals surface area contributed by atoms with Crippen LogP contribution in [0.3, 0.4) is 0 Å². The van der Waals surface area contributed by atoms with Gasteiger partial charge in [-0.25, -0.2) is 4.98 Å². The van der Waals surface area contributed by atoms with Crippen LogP contribution in [0, 0.1) is 5.92 Å². The second-order valence-corrected chi connectivity index (χ2v) is 8.96. The Kier molecular flexibility index (Phi) is 7.98. The smallest absolute Gasteiger partial charge is 0.262 e. The Morgan fingerprint density at radius 1 is 1.38 bits per heavy atom. The summed E-state index contributed by atoms with van der Waals surface area (Å²) in [6, 6.07) is 5.32. The van der Waals surface area contributed by atoms with Gasteiger partial charge in [0.15, 0.2) is 5.16 Å². The molecule has 1 aliphatic rings. The summed E-state index contributed by atoms with van der Waals surface area (Å²) in [4.78, 5) is 30.1. The van der Waals surface area contributed by atoms with Crippen molar-refractivity contribution < 1.29 is 9.53 Å². The molecule has 1 amide bonds. The summed E-state index contributed by atoms with van der Waals surface area (Å²) in [6.45, 7) is 3.23. The zero-order chi connectivity index (χ0) is 20.8. The molecule has 1 saturated carbocycles. The average Bonchev–Trinajstić information content (AvgIpc) is 2.70. The lowest BCUT2D eigenvalue weighted by atomic mass is 9.86. The van der Waals surface area contributed by atoms with E-state index in [1.54, 1.807) is 29.9 Å². The third-order valence-electron chi connectivity index (χ3n) is 5.40. The highest BCUT2D eigenvalue weighted by atomic mass is 35.5. The number of rotatable bonds is 8. The Morgan fingerprint density at radius 2 is 2.17 bits per heavy atom. The van der Waals surface area contributed by atoms with Crippen LogP contribution in [0.25, 0.3) is 10.9 Å². The molecule has 158 valence electrons. The Hall–Kier alpha value is -1.57. The molecular formula is C21H28ClN3O3S. The summed E-state index contributed by atoms with van der Waals surface area (Å²) < 4.78 is 6.75. The Balaban J connectivity index is 1.77. The van der Waals surface area contributed by atoms with Crippen molar-refractivity contribution in [2.75, 3.05) is 19.5 Å². The maximum absolute atomic E-state index is 13.0. The standard InChI is InChI=1S/C21H28ClN3O3S/c1-14-6-3-4-7-17(14)23-19(26)13-29-21-24-18-12-15(22)8-9-16(18)20(27)25(21)10-5-11-28-2/h8-9,12,14,17H,3-7,10-11,13H2,1-2H3,(H,23,26). The van der Waals surface area contributed by atoms with Gasteiger partial charge in [-0.2, -0.15) is 0 Å². The molecule has 3 rings (SSSR count). The van der Waals surface area contributed by atoms with E-state index >= 15 is 0 Å². The van der Waals surface area contributed by atoms with Crippen molar-refractivity contribution >= 4 is 40.2 Å². The van der Waals surface area contributed by atoms with Gasteiger partial charge in [-0.3, -0.25) is 14.2 Å². The molecule has 2 atom stereocenters. The lowest BCUT2D eigenvalue weighted by Crippen LogP contribution is -2.42. The molecule has 1 aromatic heterocycles. The lowest BCUT2D eigenvalue weighted by Gasteiger charge is -2.29. The van der Waals surface area contributed by atoms with E-state index in [1.807, 2.05) is 0 Å². The number of aromatic nitrogens is 2. The summed E-state index contributed by atoms with van der Waals surface area (Å²) >= 11 is 7.37. The summed E-state index contributed by atoms with van der Waals surface area (Å²) in [6.07, 6.45) is 5.28. The fourth-order valence-corrected chi connectivity index (χ4v) is 4.76. The number of halogens is 1. The quantitative estimate of drug-likeness (QED) is 0.385. The summed E-state index contributed by atoms with van der Waals surface area (Å²) in [5.41, 5.74) is 0.431. The van der Waals surface area contributed by atoms with E-state index < -0.39 is 0 Å². The van der Waals surface area contributed by atoms with Gasteiger partial charge < -0.3 is 10.1 Å². The Bertz CT molecular complexity index is 918. The topological polar surface area (TPSA) is 73.2 Å². The number of benzene rings is 1. The highest BCUT2D eigenvalue weighted by Crippen LogP contribution is 2.24. The van der Waals surface area contributed by atoms with E-state index in [2.05, 4.69) is 17.2 Å². The number of carbonyl (C=O) groups is 1. The summed E-state index contributed by atoms with van der Waals surface area (Å²) in [7, 11) is 1.63. The normalized spacial score (nSPS) is 19.4. The molecule has 1 aromatic carbocycles. The van der Waals surface area contributed by atoms with Crippen molar-refractivity contribution in [2.45, 2.75) is 56.8 Å². The minimum absolute atomic E-state index is 0.0161. The van der Waals surface area contributed by atoms with Gasteiger partial charge in [0.1, 0.15) is 0 Å². The number of hydrogen-bond acceptors (Lipinski definition) is 5. The molecule has 0 radical (unpaired) electrons. The summed E-state index contributed by atoms with van der Waals surface area (Å²) in [5.74, 6) is 0.718. The first-order valence-corrected chi connectivity index (χ1v) is 11.5. The van der Waals surface area contributed by atoms with Crippen LogP contribution in [0.5, 0.6) is 0 Å². The number of nitrogens with one attached hydrogen (secondary N) is 1. The molecule has 0 spiro atoms. The molecule has 1 N–H and O–H groups in total. The van der Waals surface area contributed by atoms with Crippen LogP contribution < -0.4 is 10.9 Å². The minimum atomic E-state index is -0.119. The zero-order valence-corrected chi connectivity index (χ0v) is 18.5. The van der Waals surface area contributed by atoms with Crippen molar-refractivity contribution in [3.63, 3.8) is 0 Å². The van der Waals surface area contributed by atoms with E-state index in [-0.39, 0.29) is 23.3 Å². The molecule has 1 fully saturated rings. The van der Waals surface area contributed by atoms with Gasteiger partial charge in [0.2, 0.25) is 5.91 Å². The van der Waals surface area contributed by atoms with Crippen LogP contribution in [0.1, 0.15) is 39.0 Å². The van der Waals surface area contributed by atoms with Gasteiger partial charge in [0, 0.05) is 31.3 Å². The van der Waals surface area contributed by atoms with E-state index in [0.717, 1.165) is 19.3 Å². The van der Waals surface area contributed by atoms with Crippen molar-refractivity contribution in [1.29, 1.82) is 0 Å². The molecule has 0 aliphatic heterocycles. The molecule has 1 aliphatic carbocycles. The van der Waals surface area contributed by atoms with Crippen LogP contribution in [0.15, 0.2) is 28.2 Å². The third kappa shape index (κ3) is 5.74. The van der Waals surface area contributed by atoms with Crippen molar-refractivity contribution in [1.82, 2.24) is 14.9 Å². The molecule has 1 heterocycles. The first-order chi connectivity index (χ1) is 14.0. The van der Waals surface area contributed by atoms with Crippen LogP contribution in [-0.4, -0.2) is 41.0 Å². The molecule has 0 bridgehead atoms. The fourth-order valence-electron chi connectivity index (χ4n) is 3.76. The molecular weight excluding hydrogens is 410 g/mol. The van der Waals surface area contributed by atoms with Gasteiger partial charge in [-0.1, -0.05) is 43.1 Å². The highest BCUT2D eigenvalue weighted by molar-refractivity contribution is 7.99. The molecule has 29 heavy (non-hydrogen) atoms. The number of nitrogens with zero attached hydrogens (tertiary/aromatic N) is 2. The number of thioether (sulfide) groups is 1. The first-order valence-electron chi connectivity index (χ1n) is 10.1. The number of fused-ring (bicyclic) bond motifs is 1. The highest BCUT2D eigenvalue weighted by Gasteiger charge is 2.23. The number of amides is 1. The van der Waals surface area contributed by atoms with Crippen molar-refractivity contribution in [3.8, 4) is 0 Å². The van der Waals surface area contributed by atoms with Crippen LogP contribution in [0.2, 0.25) is 5.02 Å². The van der Waals surface area contributed by atoms with Gasteiger partial charge >= 0.3 is 0 Å². The van der Waals surface area contributed by atoms with Gasteiger partial charge in [-0.05, 0) is 43.4 Å². The summed E-state index contributed by atoms with van der Waals surface area (Å²) in [5, 5.41) is 4.74. The monoisotopic (exact) mass is 437 g/mol. The SMILES string of the molecule is COCCCn1c(SCC(=O)NC2CCCCC2C)nc2cc(Cl)ccc2c1=O. The Labute approximate surface area is 180 Å². The van der Waals surface area contributed by atoms with Crippen LogP contribution in [-0.2, 0) is 16.1 Å². The van der Waals surface area contributed by atoms with E-state index in [4.69, 9.17) is 16.3 Å². The fraction of sp³-hybridized carbons (Fsp3) is 0.571. The zero-order valence-electron chi connectivity index (χ0n) is 16.9. The Morgan fingerprint density at radius 3 is 2.93 bits per heavy atom. The average molecular weight is 438 g/mol. The van der Waals surface area contributed by atoms with Crippen LogP contribution in [0.4, 0.5) is 0 Å². The molecule has 6 nitrogen and oxygen atoms in total. The third-order valence-corrected chi connectivity index (χ3v) is 6.61. The maximum atomic E-state index is 13.0. The predicted molar refractivity (Wildman–Crippen MR) is 118 cm³/mol. The van der Waals surface area contributed by atoms with E-state index in [0.29, 0.717) is 46.6 Å².